The van der Waals surface area contributed by atoms with Crippen LogP contribution in [0.25, 0.3) is 0 Å². The molecule has 3 rings (SSSR count). The lowest BCUT2D eigenvalue weighted by Gasteiger charge is -2.22. The van der Waals surface area contributed by atoms with Crippen LogP contribution in [0, 0.1) is 0 Å². The van der Waals surface area contributed by atoms with Crippen molar-refractivity contribution >= 4 is 29.1 Å². The highest BCUT2D eigenvalue weighted by Crippen LogP contribution is 2.39. The first-order valence-corrected chi connectivity index (χ1v) is 7.93. The zero-order valence-corrected chi connectivity index (χ0v) is 13.8. The van der Waals surface area contributed by atoms with Crippen LogP contribution in [0.2, 0.25) is 5.02 Å². The lowest BCUT2D eigenvalue weighted by atomic mass is 10.2. The first-order chi connectivity index (χ1) is 11.6. The summed E-state index contributed by atoms with van der Waals surface area (Å²) in [5.74, 6) is 0.475. The van der Waals surface area contributed by atoms with Crippen molar-refractivity contribution in [2.24, 2.45) is 0 Å². The molecule has 0 spiro atoms. The van der Waals surface area contributed by atoms with Gasteiger partial charge in [-0.15, -0.1) is 0 Å². The van der Waals surface area contributed by atoms with E-state index in [0.717, 1.165) is 0 Å². The number of fused-ring (bicyclic) bond motifs is 2. The van der Waals surface area contributed by atoms with Crippen molar-refractivity contribution in [3.8, 4) is 11.6 Å². The Morgan fingerprint density at radius 1 is 1.38 bits per heavy atom. The van der Waals surface area contributed by atoms with E-state index >= 15 is 0 Å². The van der Waals surface area contributed by atoms with E-state index < -0.39 is 0 Å². The SMILES string of the molecule is CNC(=O)CCCN1C(=O)c2cccnc2Oc2ccc(Cl)cc21. The molecule has 7 heteroatoms. The van der Waals surface area contributed by atoms with E-state index in [4.69, 9.17) is 16.3 Å². The Balaban J connectivity index is 1.97. The predicted octanol–water partition coefficient (Wildman–Crippen LogP) is 3.01. The third-order valence-electron chi connectivity index (χ3n) is 3.73. The van der Waals surface area contributed by atoms with Crippen LogP contribution < -0.4 is 15.0 Å². The molecule has 1 N–H and O–H groups in total. The minimum absolute atomic E-state index is 0.0677. The Hall–Kier alpha value is -2.60. The van der Waals surface area contributed by atoms with Gasteiger partial charge in [-0.3, -0.25) is 9.59 Å². The van der Waals surface area contributed by atoms with Gasteiger partial charge in [0.2, 0.25) is 11.8 Å². The fourth-order valence-corrected chi connectivity index (χ4v) is 2.69. The highest BCUT2D eigenvalue weighted by atomic mass is 35.5. The molecule has 1 aromatic carbocycles. The Kier molecular flexibility index (Phi) is 4.66. The fraction of sp³-hybridized carbons (Fsp3) is 0.235. The number of ether oxygens (including phenoxy) is 1. The van der Waals surface area contributed by atoms with E-state index in [1.54, 1.807) is 48.5 Å². The van der Waals surface area contributed by atoms with Gasteiger partial charge in [0.25, 0.3) is 5.91 Å². The maximum absolute atomic E-state index is 12.9. The van der Waals surface area contributed by atoms with Crippen LogP contribution >= 0.6 is 11.6 Å². The molecule has 2 heterocycles. The number of amides is 2. The molecule has 1 aromatic heterocycles. The lowest BCUT2D eigenvalue weighted by molar-refractivity contribution is -0.120. The fourth-order valence-electron chi connectivity index (χ4n) is 2.53. The van der Waals surface area contributed by atoms with E-state index in [-0.39, 0.29) is 17.7 Å². The number of pyridine rings is 1. The maximum atomic E-state index is 12.9. The van der Waals surface area contributed by atoms with Crippen LogP contribution in [0.3, 0.4) is 0 Å². The van der Waals surface area contributed by atoms with Crippen LogP contribution in [0.15, 0.2) is 36.5 Å². The van der Waals surface area contributed by atoms with E-state index in [1.807, 2.05) is 0 Å². The number of carbonyl (C=O) groups excluding carboxylic acids is 2. The summed E-state index contributed by atoms with van der Waals surface area (Å²) in [6, 6.07) is 8.44. The van der Waals surface area contributed by atoms with E-state index in [2.05, 4.69) is 10.3 Å². The van der Waals surface area contributed by atoms with Gasteiger partial charge < -0.3 is 15.0 Å². The van der Waals surface area contributed by atoms with Crippen molar-refractivity contribution in [1.82, 2.24) is 10.3 Å². The lowest BCUT2D eigenvalue weighted by Crippen LogP contribution is -2.32. The van der Waals surface area contributed by atoms with Crippen LogP contribution in [0.5, 0.6) is 11.6 Å². The number of rotatable bonds is 4. The van der Waals surface area contributed by atoms with Crippen LogP contribution in [0.4, 0.5) is 5.69 Å². The molecule has 2 aromatic rings. The molecular weight excluding hydrogens is 330 g/mol. The Labute approximate surface area is 144 Å². The maximum Gasteiger partial charge on any atom is 0.263 e. The summed E-state index contributed by atoms with van der Waals surface area (Å²) in [6.45, 7) is 0.372. The van der Waals surface area contributed by atoms with Crippen molar-refractivity contribution in [3.05, 3.63) is 47.1 Å². The zero-order valence-electron chi connectivity index (χ0n) is 13.1. The number of nitrogens with zero attached hydrogens (tertiary/aromatic N) is 2. The van der Waals surface area contributed by atoms with E-state index in [0.29, 0.717) is 41.4 Å². The van der Waals surface area contributed by atoms with E-state index in [9.17, 15) is 9.59 Å². The average Bonchev–Trinajstić information content (AvgIpc) is 2.70. The molecule has 0 bridgehead atoms. The summed E-state index contributed by atoms with van der Waals surface area (Å²) in [5, 5.41) is 3.07. The molecule has 1 aliphatic heterocycles. The summed E-state index contributed by atoms with van der Waals surface area (Å²) in [4.78, 5) is 30.1. The number of halogens is 1. The molecule has 2 amide bonds. The van der Waals surface area contributed by atoms with Crippen molar-refractivity contribution in [3.63, 3.8) is 0 Å². The first-order valence-electron chi connectivity index (χ1n) is 7.55. The molecular formula is C17H16ClN3O3. The Bertz CT molecular complexity index is 794. The summed E-state index contributed by atoms with van der Waals surface area (Å²) < 4.78 is 5.80. The summed E-state index contributed by atoms with van der Waals surface area (Å²) in [5.41, 5.74) is 0.951. The van der Waals surface area contributed by atoms with Gasteiger partial charge in [-0.25, -0.2) is 4.98 Å². The van der Waals surface area contributed by atoms with Crippen molar-refractivity contribution in [1.29, 1.82) is 0 Å². The Morgan fingerprint density at radius 3 is 3.00 bits per heavy atom. The number of benzene rings is 1. The average molecular weight is 346 g/mol. The second kappa shape index (κ2) is 6.88. The molecule has 0 radical (unpaired) electrons. The van der Waals surface area contributed by atoms with Gasteiger partial charge in [0.15, 0.2) is 5.75 Å². The molecule has 6 nitrogen and oxygen atoms in total. The second-order valence-corrected chi connectivity index (χ2v) is 5.74. The van der Waals surface area contributed by atoms with Crippen molar-refractivity contribution < 1.29 is 14.3 Å². The highest BCUT2D eigenvalue weighted by Gasteiger charge is 2.28. The first kappa shape index (κ1) is 16.3. The molecule has 1 aliphatic rings. The third-order valence-corrected chi connectivity index (χ3v) is 3.96. The molecule has 0 unspecified atom stereocenters. The standard InChI is InChI=1S/C17H16ClN3O3/c1-19-15(22)5-3-9-21-13-10-11(18)6-7-14(13)24-16-12(17(21)23)4-2-8-20-16/h2,4,6-8,10H,3,5,9H2,1H3,(H,19,22). The van der Waals surface area contributed by atoms with Gasteiger partial charge in [-0.1, -0.05) is 11.6 Å². The van der Waals surface area contributed by atoms with Gasteiger partial charge >= 0.3 is 0 Å². The number of aromatic nitrogens is 1. The van der Waals surface area contributed by atoms with Gasteiger partial charge in [0, 0.05) is 31.2 Å². The minimum Gasteiger partial charge on any atom is -0.436 e. The van der Waals surface area contributed by atoms with Crippen molar-refractivity contribution in [2.75, 3.05) is 18.5 Å². The van der Waals surface area contributed by atoms with Crippen LogP contribution in [-0.4, -0.2) is 30.4 Å². The smallest absolute Gasteiger partial charge is 0.263 e. The number of hydrogen-bond donors (Lipinski definition) is 1. The van der Waals surface area contributed by atoms with E-state index in [1.165, 1.54) is 0 Å². The van der Waals surface area contributed by atoms with Gasteiger partial charge in [-0.05, 0) is 36.8 Å². The molecule has 0 aliphatic carbocycles. The van der Waals surface area contributed by atoms with Crippen molar-refractivity contribution in [2.45, 2.75) is 12.8 Å². The van der Waals surface area contributed by atoms with Gasteiger partial charge in [-0.2, -0.15) is 0 Å². The summed E-state index contributed by atoms with van der Waals surface area (Å²) >= 11 is 6.09. The highest BCUT2D eigenvalue weighted by molar-refractivity contribution is 6.31. The third kappa shape index (κ3) is 3.19. The van der Waals surface area contributed by atoms with Crippen LogP contribution in [-0.2, 0) is 4.79 Å². The molecule has 24 heavy (non-hydrogen) atoms. The molecule has 0 saturated heterocycles. The normalized spacial score (nSPS) is 12.8. The number of nitrogens with one attached hydrogen (secondary N) is 1. The second-order valence-electron chi connectivity index (χ2n) is 5.30. The predicted molar refractivity (Wildman–Crippen MR) is 90.7 cm³/mol. The zero-order chi connectivity index (χ0) is 17.1. The molecule has 0 atom stereocenters. The van der Waals surface area contributed by atoms with Crippen LogP contribution in [0.1, 0.15) is 23.2 Å². The topological polar surface area (TPSA) is 71.5 Å². The summed E-state index contributed by atoms with van der Waals surface area (Å²) in [7, 11) is 1.59. The number of hydrogen-bond acceptors (Lipinski definition) is 4. The summed E-state index contributed by atoms with van der Waals surface area (Å²) in [6.07, 6.45) is 2.42. The molecule has 0 saturated carbocycles. The minimum atomic E-state index is -0.226. The number of carbonyl (C=O) groups is 2. The quantitative estimate of drug-likeness (QED) is 0.924. The Morgan fingerprint density at radius 2 is 2.21 bits per heavy atom. The largest absolute Gasteiger partial charge is 0.436 e. The molecule has 124 valence electrons. The number of anilines is 1. The van der Waals surface area contributed by atoms with Gasteiger partial charge in [0.1, 0.15) is 5.56 Å². The van der Waals surface area contributed by atoms with Gasteiger partial charge in [0.05, 0.1) is 5.69 Å². The monoisotopic (exact) mass is 345 g/mol. The molecule has 0 fully saturated rings.